The molecule has 0 fully saturated rings. The number of hydrogen-bond donors (Lipinski definition) is 3. The Morgan fingerprint density at radius 3 is 2.75 bits per heavy atom. The number of pyridine rings is 1. The van der Waals surface area contributed by atoms with Crippen LogP contribution in [0.25, 0.3) is 11.3 Å². The molecule has 0 amide bonds. The number of hydrogen-bond acceptors (Lipinski definition) is 4. The summed E-state index contributed by atoms with van der Waals surface area (Å²) in [6.07, 6.45) is 2.66. The molecule has 7 heteroatoms. The van der Waals surface area contributed by atoms with Crippen LogP contribution in [0.4, 0.5) is 5.82 Å². The molecule has 0 saturated carbocycles. The highest BCUT2D eigenvalue weighted by molar-refractivity contribution is 7.60. The summed E-state index contributed by atoms with van der Waals surface area (Å²) in [7, 11) is -4.34. The predicted molar refractivity (Wildman–Crippen MR) is 58.0 cm³/mol. The fraction of sp³-hybridized carbons (Fsp3) is 0. The number of nitrogens with zero attached hydrogens (tertiary/aromatic N) is 1. The van der Waals surface area contributed by atoms with Crippen LogP contribution >= 0.6 is 7.60 Å². The van der Waals surface area contributed by atoms with Crippen LogP contribution in [0.1, 0.15) is 0 Å². The second-order valence-corrected chi connectivity index (χ2v) is 4.72. The van der Waals surface area contributed by atoms with Crippen molar-refractivity contribution in [2.45, 2.75) is 0 Å². The zero-order valence-electron chi connectivity index (χ0n) is 8.07. The van der Waals surface area contributed by atoms with Gasteiger partial charge in [0.2, 0.25) is 0 Å². The molecule has 0 aliphatic carbocycles. The first-order chi connectivity index (χ1) is 7.48. The lowest BCUT2D eigenvalue weighted by Gasteiger charge is -2.04. The first-order valence-electron chi connectivity index (χ1n) is 4.34. The van der Waals surface area contributed by atoms with E-state index in [4.69, 9.17) is 19.9 Å². The number of anilines is 1. The van der Waals surface area contributed by atoms with Crippen molar-refractivity contribution in [3.05, 3.63) is 30.7 Å². The summed E-state index contributed by atoms with van der Waals surface area (Å²) in [4.78, 5) is 22.0. The molecule has 2 rings (SSSR count). The normalized spacial score (nSPS) is 11.6. The zero-order chi connectivity index (χ0) is 11.8. The van der Waals surface area contributed by atoms with E-state index >= 15 is 0 Å². The third-order valence-electron chi connectivity index (χ3n) is 2.00. The summed E-state index contributed by atoms with van der Waals surface area (Å²) in [6, 6.07) is 4.29. The highest BCUT2D eigenvalue weighted by Gasteiger charge is 2.25. The van der Waals surface area contributed by atoms with Gasteiger partial charge in [-0.2, -0.15) is 0 Å². The number of aromatic nitrogens is 1. The van der Waals surface area contributed by atoms with Crippen molar-refractivity contribution in [2.24, 2.45) is 0 Å². The summed E-state index contributed by atoms with van der Waals surface area (Å²) >= 11 is 0. The molecular formula is C9H9N2O4P. The maximum Gasteiger partial charge on any atom is 0.360 e. The van der Waals surface area contributed by atoms with E-state index in [0.717, 1.165) is 0 Å². The predicted octanol–water partition coefficient (Wildman–Crippen LogP) is 0.727. The Balaban J connectivity index is 2.58. The van der Waals surface area contributed by atoms with Crippen molar-refractivity contribution in [2.75, 3.05) is 5.73 Å². The number of furan rings is 1. The van der Waals surface area contributed by atoms with Gasteiger partial charge in [-0.3, -0.25) is 4.57 Å². The maximum atomic E-state index is 11.2. The van der Waals surface area contributed by atoms with Crippen LogP contribution in [0, 0.1) is 0 Å². The number of nitrogens with two attached hydrogens (primary N) is 1. The molecule has 16 heavy (non-hydrogen) atoms. The molecule has 0 bridgehead atoms. The zero-order valence-corrected chi connectivity index (χ0v) is 8.96. The molecule has 0 saturated heterocycles. The average molecular weight is 240 g/mol. The first-order valence-corrected chi connectivity index (χ1v) is 5.95. The summed E-state index contributed by atoms with van der Waals surface area (Å²) in [6.45, 7) is 0. The fourth-order valence-corrected chi connectivity index (χ4v) is 2.04. The van der Waals surface area contributed by atoms with Crippen molar-refractivity contribution in [3.8, 4) is 11.3 Å². The van der Waals surface area contributed by atoms with Gasteiger partial charge in [-0.1, -0.05) is 0 Å². The van der Waals surface area contributed by atoms with Crippen molar-refractivity contribution >= 4 is 18.7 Å². The topological polar surface area (TPSA) is 110 Å². The van der Waals surface area contributed by atoms with Gasteiger partial charge in [0, 0.05) is 11.8 Å². The van der Waals surface area contributed by atoms with E-state index in [0.29, 0.717) is 5.56 Å². The Bertz CT molecular complexity index is 560. The van der Waals surface area contributed by atoms with Gasteiger partial charge in [0.05, 0.1) is 6.26 Å². The average Bonchev–Trinajstić information content (AvgIpc) is 2.65. The minimum absolute atomic E-state index is 0.113. The van der Waals surface area contributed by atoms with Crippen molar-refractivity contribution in [1.82, 2.24) is 4.98 Å². The summed E-state index contributed by atoms with van der Waals surface area (Å²) < 4.78 is 16.2. The lowest BCUT2D eigenvalue weighted by atomic mass is 10.2. The molecule has 0 unspecified atom stereocenters. The van der Waals surface area contributed by atoms with Crippen LogP contribution in [0.3, 0.4) is 0 Å². The molecule has 0 aliphatic rings. The molecule has 0 aliphatic heterocycles. The van der Waals surface area contributed by atoms with Crippen LogP contribution in [0.2, 0.25) is 0 Å². The van der Waals surface area contributed by atoms with Crippen LogP contribution in [-0.2, 0) is 4.57 Å². The van der Waals surface area contributed by atoms with E-state index in [2.05, 4.69) is 4.98 Å². The highest BCUT2D eigenvalue weighted by Crippen LogP contribution is 2.38. The van der Waals surface area contributed by atoms with Crippen LogP contribution < -0.4 is 11.0 Å². The molecule has 0 spiro atoms. The van der Waals surface area contributed by atoms with Crippen LogP contribution in [0.5, 0.6) is 0 Å². The first kappa shape index (κ1) is 10.9. The summed E-state index contributed by atoms with van der Waals surface area (Å²) in [5.41, 5.74) is 5.96. The van der Waals surface area contributed by atoms with Gasteiger partial charge in [0.25, 0.3) is 0 Å². The third-order valence-corrected chi connectivity index (χ3v) is 2.98. The number of nitrogen functional groups attached to an aromatic ring is 1. The smallest absolute Gasteiger partial charge is 0.360 e. The van der Waals surface area contributed by atoms with Crippen molar-refractivity contribution in [1.29, 1.82) is 0 Å². The Morgan fingerprint density at radius 2 is 2.12 bits per heavy atom. The Kier molecular flexibility index (Phi) is 2.55. The van der Waals surface area contributed by atoms with E-state index < -0.39 is 7.60 Å². The van der Waals surface area contributed by atoms with E-state index in [9.17, 15) is 4.57 Å². The molecule has 4 N–H and O–H groups in total. The summed E-state index contributed by atoms with van der Waals surface area (Å²) in [5, 5.41) is -0.155. The second kappa shape index (κ2) is 3.75. The molecule has 0 atom stereocenters. The quantitative estimate of drug-likeness (QED) is 0.667. The van der Waals surface area contributed by atoms with Gasteiger partial charge >= 0.3 is 7.60 Å². The van der Waals surface area contributed by atoms with Gasteiger partial charge in [0.1, 0.15) is 16.9 Å². The Hall–Kier alpha value is -1.62. The van der Waals surface area contributed by atoms with Gasteiger partial charge in [-0.25, -0.2) is 4.98 Å². The summed E-state index contributed by atoms with van der Waals surface area (Å²) in [5.74, 6) is 0.369. The van der Waals surface area contributed by atoms with Gasteiger partial charge < -0.3 is 19.9 Å². The highest BCUT2D eigenvalue weighted by atomic mass is 31.2. The molecule has 84 valence electrons. The second-order valence-electron chi connectivity index (χ2n) is 3.15. The van der Waals surface area contributed by atoms with Crippen molar-refractivity contribution < 1.29 is 18.8 Å². The Labute approximate surface area is 90.9 Å². The van der Waals surface area contributed by atoms with E-state index in [1.165, 1.54) is 24.6 Å². The minimum atomic E-state index is -4.34. The van der Waals surface area contributed by atoms with E-state index in [1.807, 2.05) is 0 Å². The van der Waals surface area contributed by atoms with Gasteiger partial charge in [-0.15, -0.1) is 0 Å². The molecule has 6 nitrogen and oxygen atoms in total. The van der Waals surface area contributed by atoms with Gasteiger partial charge in [-0.05, 0) is 18.2 Å². The van der Waals surface area contributed by atoms with Crippen LogP contribution in [-0.4, -0.2) is 14.8 Å². The fourth-order valence-electron chi connectivity index (χ4n) is 1.34. The Morgan fingerprint density at radius 1 is 1.38 bits per heavy atom. The third kappa shape index (κ3) is 1.99. The maximum absolute atomic E-state index is 11.2. The molecule has 2 aromatic rings. The van der Waals surface area contributed by atoms with Crippen LogP contribution in [0.15, 0.2) is 35.1 Å². The molecule has 2 heterocycles. The monoisotopic (exact) mass is 240 g/mol. The minimum Gasteiger partial charge on any atom is -0.463 e. The van der Waals surface area contributed by atoms with E-state index in [-0.39, 0.29) is 16.9 Å². The lowest BCUT2D eigenvalue weighted by molar-refractivity contribution is 0.387. The molecular weight excluding hydrogens is 231 g/mol. The van der Waals surface area contributed by atoms with E-state index in [1.54, 1.807) is 6.07 Å². The number of rotatable bonds is 2. The SMILES string of the molecule is Nc1cc(-c2occc2P(=O)(O)O)ccn1. The standard InChI is InChI=1S/C9H9N2O4P/c10-8-5-6(1-3-11-8)9-7(2-4-15-9)16(12,13)14/h1-5H,(H2,10,11)(H2,12,13,14). The molecule has 0 aromatic carbocycles. The molecule has 0 radical (unpaired) electrons. The molecule has 2 aromatic heterocycles. The largest absolute Gasteiger partial charge is 0.463 e. The van der Waals surface area contributed by atoms with Gasteiger partial charge in [0.15, 0.2) is 0 Å². The van der Waals surface area contributed by atoms with Crippen molar-refractivity contribution in [3.63, 3.8) is 0 Å². The lowest BCUT2D eigenvalue weighted by Crippen LogP contribution is -2.04.